The van der Waals surface area contributed by atoms with Crippen LogP contribution >= 0.6 is 12.6 Å². The van der Waals surface area contributed by atoms with Gasteiger partial charge in [-0.2, -0.15) is 0 Å². The average molecular weight is 422 g/mol. The number of hydrogen-bond donors (Lipinski definition) is 2. The molecule has 118 valence electrons. The van der Waals surface area contributed by atoms with Gasteiger partial charge in [-0.3, -0.25) is 0 Å². The third kappa shape index (κ3) is 4.74. The van der Waals surface area contributed by atoms with Gasteiger partial charge in [0.15, 0.2) is 0 Å². The Morgan fingerprint density at radius 3 is 2.50 bits per heavy atom. The van der Waals surface area contributed by atoms with Crippen LogP contribution in [0.2, 0.25) is 13.3 Å². The minimum atomic E-state index is -1.73. The molecule has 0 radical (unpaired) electrons. The van der Waals surface area contributed by atoms with Gasteiger partial charge in [-0.1, -0.05) is 0 Å². The Morgan fingerprint density at radius 2 is 1.91 bits per heavy atom. The van der Waals surface area contributed by atoms with E-state index in [2.05, 4.69) is 49.0 Å². The number of hydrogen-bond acceptors (Lipinski definition) is 3. The topological polar surface area (TPSA) is 43.1 Å². The molecule has 22 heavy (non-hydrogen) atoms. The molecule has 2 aromatic carbocycles. The summed E-state index contributed by atoms with van der Waals surface area (Å²) in [7, 11) is 0. The maximum atomic E-state index is 10.9. The normalized spacial score (nSPS) is 14.0. The van der Waals surface area contributed by atoms with Crippen LogP contribution in [0, 0.1) is 0 Å². The molecule has 0 fully saturated rings. The first-order valence-electron chi connectivity index (χ1n) is 7.97. The number of thiol groups is 1. The van der Waals surface area contributed by atoms with E-state index in [0.29, 0.717) is 0 Å². The Bertz CT molecular complexity index is 630. The summed E-state index contributed by atoms with van der Waals surface area (Å²) in [6.45, 7) is 2.05. The van der Waals surface area contributed by atoms with Crippen LogP contribution in [0.5, 0.6) is 0 Å². The molecule has 2 rings (SSSR count). The van der Waals surface area contributed by atoms with Crippen LogP contribution in [0.15, 0.2) is 36.4 Å². The summed E-state index contributed by atoms with van der Waals surface area (Å²) in [5, 5.41) is 2.53. The molecule has 2 atom stereocenters. The van der Waals surface area contributed by atoms with Crippen molar-refractivity contribution in [2.24, 2.45) is 5.73 Å². The number of aldehydes is 1. The zero-order valence-corrected chi connectivity index (χ0v) is 17.4. The summed E-state index contributed by atoms with van der Waals surface area (Å²) in [6.07, 6.45) is 2.18. The fourth-order valence-electron chi connectivity index (χ4n) is 3.00. The summed E-state index contributed by atoms with van der Waals surface area (Å²) in [5.41, 5.74) is 8.79. The third-order valence-corrected chi connectivity index (χ3v) is 14.7. The van der Waals surface area contributed by atoms with Crippen molar-refractivity contribution in [3.05, 3.63) is 47.5 Å². The number of aryl methyl sites for hydroxylation is 1. The van der Waals surface area contributed by atoms with E-state index in [-0.39, 0.29) is 6.04 Å². The molecule has 0 aliphatic carbocycles. The third-order valence-electron chi connectivity index (χ3n) is 4.29. The van der Waals surface area contributed by atoms with Gasteiger partial charge < -0.3 is 0 Å². The van der Waals surface area contributed by atoms with Crippen molar-refractivity contribution in [3.8, 4) is 0 Å². The van der Waals surface area contributed by atoms with Gasteiger partial charge in [-0.05, 0) is 0 Å². The van der Waals surface area contributed by atoms with Gasteiger partial charge in [-0.25, -0.2) is 0 Å². The molecule has 4 heteroatoms. The Labute approximate surface area is 145 Å². The number of rotatable bonds is 8. The SMILES string of the molecule is CC(N)c1cc2ccccc2cc1C[CH2][SnH]([CH2]C=O)[CH2]CS. The first-order valence-corrected chi connectivity index (χ1v) is 15.6. The Morgan fingerprint density at radius 1 is 1.23 bits per heavy atom. The quantitative estimate of drug-likeness (QED) is 0.387. The van der Waals surface area contributed by atoms with Gasteiger partial charge in [-0.15, -0.1) is 0 Å². The van der Waals surface area contributed by atoms with Crippen molar-refractivity contribution >= 4 is 49.4 Å². The van der Waals surface area contributed by atoms with Crippen LogP contribution < -0.4 is 5.73 Å². The van der Waals surface area contributed by atoms with Crippen LogP contribution in [0.3, 0.4) is 0 Å². The number of carbonyl (C=O) groups is 1. The summed E-state index contributed by atoms with van der Waals surface area (Å²) in [4.78, 5) is 10.9. The van der Waals surface area contributed by atoms with Gasteiger partial charge in [0.25, 0.3) is 0 Å². The van der Waals surface area contributed by atoms with Crippen molar-refractivity contribution in [1.29, 1.82) is 0 Å². The number of fused-ring (bicyclic) bond motifs is 1. The average Bonchev–Trinajstić information content (AvgIpc) is 2.52. The number of benzene rings is 2. The predicted octanol–water partition coefficient (Wildman–Crippen LogP) is 3.76. The molecule has 0 saturated heterocycles. The molecule has 2 unspecified atom stereocenters. The van der Waals surface area contributed by atoms with Crippen LogP contribution in [0.1, 0.15) is 24.1 Å². The number of nitrogens with two attached hydrogens (primary N) is 1. The van der Waals surface area contributed by atoms with E-state index in [1.807, 2.05) is 6.92 Å². The summed E-state index contributed by atoms with van der Waals surface area (Å²) >= 11 is 2.62. The summed E-state index contributed by atoms with van der Waals surface area (Å²) in [5.74, 6) is 0.923. The Balaban J connectivity index is 2.24. The molecule has 0 aliphatic heterocycles. The van der Waals surface area contributed by atoms with E-state index in [1.165, 1.54) is 30.8 Å². The van der Waals surface area contributed by atoms with Crippen LogP contribution in [-0.2, 0) is 11.2 Å². The van der Waals surface area contributed by atoms with E-state index in [4.69, 9.17) is 5.73 Å². The first-order chi connectivity index (χ1) is 10.7. The van der Waals surface area contributed by atoms with Crippen molar-refractivity contribution in [3.63, 3.8) is 0 Å². The Kier molecular flexibility index (Phi) is 7.25. The molecule has 2 nitrogen and oxygen atoms in total. The van der Waals surface area contributed by atoms with E-state index in [9.17, 15) is 4.79 Å². The van der Waals surface area contributed by atoms with Gasteiger partial charge in [0.2, 0.25) is 0 Å². The summed E-state index contributed by atoms with van der Waals surface area (Å²) < 4.78 is 3.26. The second-order valence-corrected chi connectivity index (χ2v) is 16.0. The molecule has 0 heterocycles. The monoisotopic (exact) mass is 423 g/mol. The number of carbonyl (C=O) groups excluding carboxylic acids is 1. The standard InChI is InChI=1S/C14H16N.C2H3O.C2H5S.Sn.H/c1-3-11-8-12-6-4-5-7-13(12)9-14(11)10(2)15;2*1-2-3;;/h4-10H,1,3,15H2,2H3;2H,1H2;3H,1-2H2;;. The molecule has 0 bridgehead atoms. The van der Waals surface area contributed by atoms with Crippen molar-refractivity contribution in [2.45, 2.75) is 32.7 Å². The second kappa shape index (κ2) is 8.94. The molecule has 0 aliphatic rings. The fraction of sp³-hybridized carbons (Fsp3) is 0.389. The molecule has 0 spiro atoms. The summed E-state index contributed by atoms with van der Waals surface area (Å²) in [6, 6.07) is 13.0. The van der Waals surface area contributed by atoms with Crippen molar-refractivity contribution in [1.82, 2.24) is 0 Å². The van der Waals surface area contributed by atoms with Gasteiger partial charge in [0.1, 0.15) is 0 Å². The van der Waals surface area contributed by atoms with E-state index in [0.717, 1.165) is 22.9 Å². The molecule has 0 saturated carbocycles. The fourth-order valence-corrected chi connectivity index (χ4v) is 11.5. The van der Waals surface area contributed by atoms with E-state index in [1.54, 1.807) is 0 Å². The molecule has 2 aromatic rings. The van der Waals surface area contributed by atoms with Gasteiger partial charge >= 0.3 is 146 Å². The second-order valence-electron chi connectivity index (χ2n) is 6.01. The maximum absolute atomic E-state index is 10.9. The van der Waals surface area contributed by atoms with Crippen LogP contribution in [0.4, 0.5) is 0 Å². The molecule has 0 amide bonds. The van der Waals surface area contributed by atoms with Crippen LogP contribution in [0.25, 0.3) is 10.8 Å². The molecular formula is C18H25NOSSn. The van der Waals surface area contributed by atoms with Gasteiger partial charge in [0, 0.05) is 0 Å². The van der Waals surface area contributed by atoms with Crippen molar-refractivity contribution < 1.29 is 4.79 Å². The van der Waals surface area contributed by atoms with E-state index >= 15 is 0 Å². The predicted molar refractivity (Wildman–Crippen MR) is 102 cm³/mol. The Hall–Kier alpha value is -0.521. The minimum absolute atomic E-state index is 0.0456. The van der Waals surface area contributed by atoms with Crippen molar-refractivity contribution in [2.75, 3.05) is 5.75 Å². The molecule has 2 N–H and O–H groups in total. The zero-order valence-electron chi connectivity index (χ0n) is 13.2. The van der Waals surface area contributed by atoms with Gasteiger partial charge in [0.05, 0.1) is 0 Å². The van der Waals surface area contributed by atoms with Crippen LogP contribution in [-0.4, -0.2) is 31.8 Å². The first kappa shape index (κ1) is 17.8. The zero-order chi connectivity index (χ0) is 15.9. The molecule has 0 aromatic heterocycles. The molecular weight excluding hydrogens is 397 g/mol. The van der Waals surface area contributed by atoms with E-state index < -0.39 is 19.8 Å².